The van der Waals surface area contributed by atoms with Crippen molar-refractivity contribution in [1.82, 2.24) is 0 Å². The Labute approximate surface area is 70.4 Å². The molecule has 0 aliphatic heterocycles. The fraction of sp³-hybridized carbons (Fsp3) is 0.800. The molecule has 0 aromatic carbocycles. The molecule has 0 spiro atoms. The summed E-state index contributed by atoms with van der Waals surface area (Å²) in [5.41, 5.74) is 1.18. The number of hydrogen-bond acceptors (Lipinski definition) is 1. The molecule has 0 bridgehead atoms. The van der Waals surface area contributed by atoms with Gasteiger partial charge in [-0.15, -0.1) is 0 Å². The van der Waals surface area contributed by atoms with Crippen molar-refractivity contribution in [1.29, 1.82) is 0 Å². The van der Waals surface area contributed by atoms with E-state index >= 15 is 0 Å². The van der Waals surface area contributed by atoms with Gasteiger partial charge < -0.3 is 4.74 Å². The number of ether oxygens (including phenoxy) is 1. The Bertz CT molecular complexity index is 143. The highest BCUT2D eigenvalue weighted by molar-refractivity contribution is 5.10. The molecule has 0 aromatic heterocycles. The van der Waals surface area contributed by atoms with Crippen LogP contribution in [0.2, 0.25) is 0 Å². The van der Waals surface area contributed by atoms with Gasteiger partial charge in [0, 0.05) is 0 Å². The molecule has 0 N–H and O–H groups in total. The van der Waals surface area contributed by atoms with Crippen LogP contribution in [0.3, 0.4) is 0 Å². The van der Waals surface area contributed by atoms with Gasteiger partial charge in [-0.05, 0) is 47.1 Å². The van der Waals surface area contributed by atoms with Gasteiger partial charge in [-0.1, -0.05) is 6.08 Å². The van der Waals surface area contributed by atoms with Crippen LogP contribution in [0.5, 0.6) is 0 Å². The first-order chi connectivity index (χ1) is 4.90. The average Bonchev–Trinajstić information content (AvgIpc) is 1.83. The van der Waals surface area contributed by atoms with E-state index < -0.39 is 0 Å². The zero-order valence-electron chi connectivity index (χ0n) is 8.56. The second-order valence-electron chi connectivity index (χ2n) is 3.65. The summed E-state index contributed by atoms with van der Waals surface area (Å²) in [6, 6.07) is 0. The lowest BCUT2D eigenvalue weighted by atomic mass is 9.99. The van der Waals surface area contributed by atoms with E-state index in [1.807, 2.05) is 6.92 Å². The minimum Gasteiger partial charge on any atom is -0.369 e. The highest BCUT2D eigenvalue weighted by Gasteiger charge is 2.20. The van der Waals surface area contributed by atoms with Gasteiger partial charge in [0.05, 0.1) is 11.7 Å². The van der Waals surface area contributed by atoms with Crippen LogP contribution in [0.15, 0.2) is 11.6 Å². The van der Waals surface area contributed by atoms with Crippen molar-refractivity contribution in [3.8, 4) is 0 Å². The molecule has 0 radical (unpaired) electrons. The highest BCUT2D eigenvalue weighted by Crippen LogP contribution is 2.21. The quantitative estimate of drug-likeness (QED) is 0.570. The standard InChI is InChI=1S/C10H20O/c1-7-9(4)10(5,6)11-8(2)3/h7-8H,1-6H3. The van der Waals surface area contributed by atoms with Crippen molar-refractivity contribution in [3.63, 3.8) is 0 Å². The van der Waals surface area contributed by atoms with Crippen LogP contribution in [0.25, 0.3) is 0 Å². The number of hydrogen-bond donors (Lipinski definition) is 0. The summed E-state index contributed by atoms with van der Waals surface area (Å²) >= 11 is 0. The van der Waals surface area contributed by atoms with E-state index in [2.05, 4.69) is 40.7 Å². The monoisotopic (exact) mass is 156 g/mol. The predicted octanol–water partition coefficient (Wildman–Crippen LogP) is 3.16. The largest absolute Gasteiger partial charge is 0.369 e. The minimum absolute atomic E-state index is 0.108. The first kappa shape index (κ1) is 10.7. The third kappa shape index (κ3) is 3.57. The fourth-order valence-corrected chi connectivity index (χ4v) is 1.03. The molecule has 0 aliphatic carbocycles. The van der Waals surface area contributed by atoms with Crippen molar-refractivity contribution in [2.24, 2.45) is 0 Å². The Morgan fingerprint density at radius 3 is 2.09 bits per heavy atom. The summed E-state index contributed by atoms with van der Waals surface area (Å²) < 4.78 is 5.72. The van der Waals surface area contributed by atoms with Gasteiger partial charge in [-0.3, -0.25) is 0 Å². The molecule has 0 amide bonds. The molecule has 0 atom stereocenters. The van der Waals surface area contributed by atoms with E-state index in [9.17, 15) is 0 Å². The summed E-state index contributed by atoms with van der Waals surface area (Å²) in [5.74, 6) is 0. The topological polar surface area (TPSA) is 9.23 Å². The van der Waals surface area contributed by atoms with E-state index in [0.29, 0.717) is 6.10 Å². The Hall–Kier alpha value is -0.300. The first-order valence-corrected chi connectivity index (χ1v) is 4.21. The van der Waals surface area contributed by atoms with Crippen LogP contribution in [0.1, 0.15) is 41.5 Å². The van der Waals surface area contributed by atoms with Gasteiger partial charge in [0.2, 0.25) is 0 Å². The minimum atomic E-state index is -0.108. The molecule has 0 rings (SSSR count). The van der Waals surface area contributed by atoms with Gasteiger partial charge >= 0.3 is 0 Å². The molecule has 1 heteroatoms. The van der Waals surface area contributed by atoms with Crippen LogP contribution in [0.4, 0.5) is 0 Å². The SMILES string of the molecule is CC=C(C)C(C)(C)OC(C)C. The third-order valence-electron chi connectivity index (χ3n) is 1.91. The van der Waals surface area contributed by atoms with Crippen LogP contribution in [-0.4, -0.2) is 11.7 Å². The predicted molar refractivity (Wildman–Crippen MR) is 49.7 cm³/mol. The molecule has 0 aromatic rings. The summed E-state index contributed by atoms with van der Waals surface area (Å²) in [6.45, 7) is 12.5. The molecule has 0 fully saturated rings. The molecule has 0 unspecified atom stereocenters. The number of allylic oxidation sites excluding steroid dienone is 1. The maximum atomic E-state index is 5.72. The molecule has 11 heavy (non-hydrogen) atoms. The second kappa shape index (κ2) is 3.91. The zero-order valence-corrected chi connectivity index (χ0v) is 8.56. The summed E-state index contributed by atoms with van der Waals surface area (Å²) in [6.07, 6.45) is 2.39. The third-order valence-corrected chi connectivity index (χ3v) is 1.91. The van der Waals surface area contributed by atoms with Gasteiger partial charge in [0.15, 0.2) is 0 Å². The van der Waals surface area contributed by atoms with Gasteiger partial charge in [0.25, 0.3) is 0 Å². The van der Waals surface area contributed by atoms with E-state index in [1.165, 1.54) is 5.57 Å². The Kier molecular flexibility index (Phi) is 3.81. The molecule has 0 saturated carbocycles. The first-order valence-electron chi connectivity index (χ1n) is 4.21. The lowest BCUT2D eigenvalue weighted by Crippen LogP contribution is -2.29. The van der Waals surface area contributed by atoms with Crippen molar-refractivity contribution in [2.75, 3.05) is 0 Å². The van der Waals surface area contributed by atoms with Crippen LogP contribution in [0, 0.1) is 0 Å². The molecule has 1 nitrogen and oxygen atoms in total. The fourth-order valence-electron chi connectivity index (χ4n) is 1.03. The van der Waals surface area contributed by atoms with Gasteiger partial charge in [-0.2, -0.15) is 0 Å². The van der Waals surface area contributed by atoms with E-state index in [4.69, 9.17) is 4.74 Å². The maximum Gasteiger partial charge on any atom is 0.0836 e. The molecular weight excluding hydrogens is 136 g/mol. The van der Waals surface area contributed by atoms with Gasteiger partial charge in [0.1, 0.15) is 0 Å². The lowest BCUT2D eigenvalue weighted by molar-refractivity contribution is -0.0304. The van der Waals surface area contributed by atoms with E-state index in [0.717, 1.165) is 0 Å². The van der Waals surface area contributed by atoms with E-state index in [-0.39, 0.29) is 5.60 Å². The molecule has 0 aliphatic rings. The van der Waals surface area contributed by atoms with Crippen molar-refractivity contribution < 1.29 is 4.74 Å². The van der Waals surface area contributed by atoms with E-state index in [1.54, 1.807) is 0 Å². The highest BCUT2D eigenvalue weighted by atomic mass is 16.5. The van der Waals surface area contributed by atoms with Crippen LogP contribution in [-0.2, 0) is 4.74 Å². The zero-order chi connectivity index (χ0) is 9.07. The van der Waals surface area contributed by atoms with Crippen molar-refractivity contribution in [3.05, 3.63) is 11.6 Å². The van der Waals surface area contributed by atoms with Crippen molar-refractivity contribution >= 4 is 0 Å². The van der Waals surface area contributed by atoms with Crippen molar-refractivity contribution in [2.45, 2.75) is 53.2 Å². The smallest absolute Gasteiger partial charge is 0.0836 e. The summed E-state index contributed by atoms with van der Waals surface area (Å²) in [7, 11) is 0. The Morgan fingerprint density at radius 1 is 1.36 bits per heavy atom. The average molecular weight is 156 g/mol. The second-order valence-corrected chi connectivity index (χ2v) is 3.65. The number of rotatable bonds is 3. The molecule has 0 heterocycles. The Morgan fingerprint density at radius 2 is 1.82 bits per heavy atom. The molecular formula is C10H20O. The maximum absolute atomic E-state index is 5.72. The summed E-state index contributed by atoms with van der Waals surface area (Å²) in [4.78, 5) is 0. The molecule has 0 saturated heterocycles. The lowest BCUT2D eigenvalue weighted by Gasteiger charge is -2.28. The normalized spacial score (nSPS) is 14.3. The van der Waals surface area contributed by atoms with Crippen LogP contribution >= 0.6 is 0 Å². The summed E-state index contributed by atoms with van der Waals surface area (Å²) in [5, 5.41) is 0. The van der Waals surface area contributed by atoms with Gasteiger partial charge in [-0.25, -0.2) is 0 Å². The Balaban J connectivity index is 4.22. The van der Waals surface area contributed by atoms with Crippen LogP contribution < -0.4 is 0 Å². The molecule has 66 valence electrons.